The topological polar surface area (TPSA) is 64.6 Å². The largest absolute Gasteiger partial charge is 0.468 e. The lowest BCUT2D eigenvalue weighted by Crippen LogP contribution is -2.50. The van der Waals surface area contributed by atoms with Crippen LogP contribution in [0.1, 0.15) is 33.6 Å². The van der Waals surface area contributed by atoms with Crippen molar-refractivity contribution in [2.45, 2.75) is 39.2 Å². The van der Waals surface area contributed by atoms with Crippen LogP contribution in [0.15, 0.2) is 11.8 Å². The average molecular weight is 267 g/mol. The fourth-order valence-corrected chi connectivity index (χ4v) is 3.08. The number of methoxy groups -OCH3 is 1. The molecule has 2 atom stereocenters. The van der Waals surface area contributed by atoms with E-state index < -0.39 is 0 Å². The van der Waals surface area contributed by atoms with E-state index in [9.17, 15) is 9.59 Å². The van der Waals surface area contributed by atoms with E-state index in [-0.39, 0.29) is 35.4 Å². The highest BCUT2D eigenvalue weighted by molar-refractivity contribution is 5.91. The number of hydrogen-bond donors (Lipinski definition) is 1. The summed E-state index contributed by atoms with van der Waals surface area (Å²) >= 11 is 0. The van der Waals surface area contributed by atoms with E-state index in [0.717, 1.165) is 12.8 Å². The van der Waals surface area contributed by atoms with Crippen molar-refractivity contribution < 1.29 is 19.1 Å². The molecule has 2 rings (SSSR count). The first-order chi connectivity index (χ1) is 8.82. The average Bonchev–Trinajstić information content (AvgIpc) is 2.47. The van der Waals surface area contributed by atoms with Gasteiger partial charge in [-0.15, -0.1) is 0 Å². The van der Waals surface area contributed by atoms with E-state index in [1.165, 1.54) is 7.11 Å². The molecule has 2 bridgehead atoms. The zero-order chi connectivity index (χ0) is 14.3. The summed E-state index contributed by atoms with van der Waals surface area (Å²) in [6.07, 6.45) is 3.42. The third-order valence-corrected chi connectivity index (χ3v) is 4.80. The van der Waals surface area contributed by atoms with Crippen LogP contribution >= 0.6 is 0 Å². The normalized spacial score (nSPS) is 34.0. The molecule has 5 heteroatoms. The van der Waals surface area contributed by atoms with Gasteiger partial charge in [0, 0.05) is 17.5 Å². The van der Waals surface area contributed by atoms with Crippen LogP contribution in [0.5, 0.6) is 0 Å². The molecular weight excluding hydrogens is 246 g/mol. The molecular formula is C14H21NO4. The second-order valence-corrected chi connectivity index (χ2v) is 5.99. The van der Waals surface area contributed by atoms with Gasteiger partial charge in [-0.3, -0.25) is 4.79 Å². The molecule has 2 fully saturated rings. The minimum atomic E-state index is -0.381. The van der Waals surface area contributed by atoms with E-state index in [1.54, 1.807) is 6.20 Å². The van der Waals surface area contributed by atoms with Crippen molar-refractivity contribution in [1.29, 1.82) is 0 Å². The Kier molecular flexibility index (Phi) is 3.32. The first-order valence-corrected chi connectivity index (χ1v) is 6.55. The lowest BCUT2D eigenvalue weighted by molar-refractivity contribution is -0.172. The lowest BCUT2D eigenvalue weighted by Gasteiger charge is -2.45. The number of carbonyl (C=O) groups is 2. The van der Waals surface area contributed by atoms with Crippen LogP contribution in [0.4, 0.5) is 0 Å². The fourth-order valence-electron chi connectivity index (χ4n) is 3.08. The fraction of sp³-hybridized carbons (Fsp3) is 0.714. The second-order valence-electron chi connectivity index (χ2n) is 5.99. The van der Waals surface area contributed by atoms with Gasteiger partial charge in [0.05, 0.1) is 12.7 Å². The third-order valence-electron chi connectivity index (χ3n) is 4.80. The van der Waals surface area contributed by atoms with Gasteiger partial charge in [-0.25, -0.2) is 4.79 Å². The number of carbonyl (C=O) groups excluding carboxylic acids is 2. The number of hydrogen-bond acceptors (Lipinski definition) is 5. The Morgan fingerprint density at radius 2 is 2.21 bits per heavy atom. The molecule has 106 valence electrons. The molecule has 1 saturated heterocycles. The molecule has 5 nitrogen and oxygen atoms in total. The Bertz CT molecular complexity index is 441. The SMILES string of the molecule is COC(=O)CN/C=C1\C(=O)O[C@]2(C)CC[C@H]1C2(C)C. The molecule has 0 aromatic carbocycles. The Morgan fingerprint density at radius 1 is 1.53 bits per heavy atom. The standard InChI is InChI=1S/C14H21NO4/c1-13(2)10-5-6-14(13,3)19-12(17)9(10)7-15-8-11(16)18-4/h7,10,15H,5-6,8H2,1-4H3/b9-7-/t10-,14-/m1/s1. The van der Waals surface area contributed by atoms with Crippen molar-refractivity contribution in [2.75, 3.05) is 13.7 Å². The number of rotatable bonds is 3. The molecule has 0 amide bonds. The van der Waals surface area contributed by atoms with Gasteiger partial charge in [0.1, 0.15) is 12.1 Å². The summed E-state index contributed by atoms with van der Waals surface area (Å²) in [6.45, 7) is 6.32. The highest BCUT2D eigenvalue weighted by Gasteiger charge is 2.60. The van der Waals surface area contributed by atoms with Crippen molar-refractivity contribution in [3.05, 3.63) is 11.8 Å². The maximum Gasteiger partial charge on any atom is 0.336 e. The van der Waals surface area contributed by atoms with E-state index in [4.69, 9.17) is 4.74 Å². The van der Waals surface area contributed by atoms with Crippen LogP contribution < -0.4 is 5.32 Å². The zero-order valence-electron chi connectivity index (χ0n) is 11.9. The molecule has 2 aliphatic rings. The van der Waals surface area contributed by atoms with Gasteiger partial charge in [0.15, 0.2) is 0 Å². The molecule has 1 saturated carbocycles. The smallest absolute Gasteiger partial charge is 0.336 e. The van der Waals surface area contributed by atoms with Gasteiger partial charge in [-0.1, -0.05) is 13.8 Å². The maximum absolute atomic E-state index is 12.0. The van der Waals surface area contributed by atoms with E-state index in [0.29, 0.717) is 5.57 Å². The van der Waals surface area contributed by atoms with Crippen molar-refractivity contribution >= 4 is 11.9 Å². The zero-order valence-corrected chi connectivity index (χ0v) is 11.9. The molecule has 0 aromatic heterocycles. The number of nitrogens with one attached hydrogen (secondary N) is 1. The molecule has 1 heterocycles. The van der Waals surface area contributed by atoms with Crippen LogP contribution in [0.25, 0.3) is 0 Å². The van der Waals surface area contributed by atoms with Crippen molar-refractivity contribution in [1.82, 2.24) is 5.32 Å². The van der Waals surface area contributed by atoms with Gasteiger partial charge >= 0.3 is 11.9 Å². The molecule has 19 heavy (non-hydrogen) atoms. The third kappa shape index (κ3) is 2.11. The van der Waals surface area contributed by atoms with Gasteiger partial charge in [-0.05, 0) is 19.8 Å². The summed E-state index contributed by atoms with van der Waals surface area (Å²) in [4.78, 5) is 23.1. The second kappa shape index (κ2) is 4.54. The summed E-state index contributed by atoms with van der Waals surface area (Å²) in [5, 5.41) is 2.83. The number of ether oxygens (including phenoxy) is 2. The molecule has 0 unspecified atom stereocenters. The monoisotopic (exact) mass is 267 g/mol. The van der Waals surface area contributed by atoms with Gasteiger partial charge in [-0.2, -0.15) is 0 Å². The quantitative estimate of drug-likeness (QED) is 0.618. The molecule has 1 N–H and O–H groups in total. The lowest BCUT2D eigenvalue weighted by atomic mass is 9.69. The van der Waals surface area contributed by atoms with Crippen molar-refractivity contribution in [2.24, 2.45) is 11.3 Å². The van der Waals surface area contributed by atoms with Crippen LogP contribution in [-0.2, 0) is 19.1 Å². The summed E-state index contributed by atoms with van der Waals surface area (Å²) in [5.74, 6) is -0.470. The number of fused-ring (bicyclic) bond motifs is 2. The predicted molar refractivity (Wildman–Crippen MR) is 69.1 cm³/mol. The molecule has 1 aliphatic heterocycles. The Hall–Kier alpha value is -1.52. The Morgan fingerprint density at radius 3 is 2.84 bits per heavy atom. The highest BCUT2D eigenvalue weighted by atomic mass is 16.6. The minimum absolute atomic E-state index is 0.0533. The Balaban J connectivity index is 2.16. The molecule has 0 aromatic rings. The summed E-state index contributed by atoms with van der Waals surface area (Å²) < 4.78 is 10.2. The summed E-state index contributed by atoms with van der Waals surface area (Å²) in [6, 6.07) is 0. The van der Waals surface area contributed by atoms with Crippen LogP contribution in [0.3, 0.4) is 0 Å². The minimum Gasteiger partial charge on any atom is -0.468 e. The van der Waals surface area contributed by atoms with E-state index >= 15 is 0 Å². The maximum atomic E-state index is 12.0. The van der Waals surface area contributed by atoms with Gasteiger partial charge in [0.2, 0.25) is 0 Å². The predicted octanol–water partition coefficient (Wildman–Crippen LogP) is 1.38. The summed E-state index contributed by atoms with van der Waals surface area (Å²) in [7, 11) is 1.33. The highest BCUT2D eigenvalue weighted by Crippen LogP contribution is 2.58. The first kappa shape index (κ1) is 13.9. The van der Waals surface area contributed by atoms with Gasteiger partial charge in [0.25, 0.3) is 0 Å². The first-order valence-electron chi connectivity index (χ1n) is 6.55. The molecule has 1 aliphatic carbocycles. The summed E-state index contributed by atoms with van der Waals surface area (Å²) in [5.41, 5.74) is 0.164. The molecule has 0 radical (unpaired) electrons. The van der Waals surface area contributed by atoms with Gasteiger partial charge < -0.3 is 14.8 Å². The van der Waals surface area contributed by atoms with E-state index in [2.05, 4.69) is 23.9 Å². The van der Waals surface area contributed by atoms with Crippen molar-refractivity contribution in [3.63, 3.8) is 0 Å². The number of esters is 2. The van der Waals surface area contributed by atoms with E-state index in [1.807, 2.05) is 6.92 Å². The van der Waals surface area contributed by atoms with Crippen molar-refractivity contribution in [3.8, 4) is 0 Å². The molecule has 0 spiro atoms. The van der Waals surface area contributed by atoms with Crippen LogP contribution in [-0.4, -0.2) is 31.2 Å². The Labute approximate surface area is 113 Å². The van der Waals surface area contributed by atoms with Crippen LogP contribution in [0, 0.1) is 11.3 Å². The van der Waals surface area contributed by atoms with Crippen LogP contribution in [0.2, 0.25) is 0 Å².